The molecule has 0 amide bonds. The zero-order valence-electron chi connectivity index (χ0n) is 12.5. The Hall–Kier alpha value is -1.56. The first kappa shape index (κ1) is 13.9. The van der Waals surface area contributed by atoms with Gasteiger partial charge in [-0.25, -0.2) is 0 Å². The lowest BCUT2D eigenvalue weighted by Gasteiger charge is -2.15. The maximum absolute atomic E-state index is 2.40. The van der Waals surface area contributed by atoms with Crippen molar-refractivity contribution in [2.24, 2.45) is 5.92 Å². The molecule has 0 heterocycles. The molecule has 19 heavy (non-hydrogen) atoms. The molecule has 0 N–H and O–H groups in total. The molecule has 0 saturated heterocycles. The van der Waals surface area contributed by atoms with Gasteiger partial charge in [0.2, 0.25) is 0 Å². The molecule has 0 spiro atoms. The van der Waals surface area contributed by atoms with E-state index in [1.54, 1.807) is 0 Å². The molecule has 2 aromatic rings. The van der Waals surface area contributed by atoms with Crippen molar-refractivity contribution in [3.05, 3.63) is 59.7 Å². The zero-order valence-corrected chi connectivity index (χ0v) is 12.5. The predicted molar refractivity (Wildman–Crippen MR) is 84.5 cm³/mol. The zero-order chi connectivity index (χ0) is 13.8. The molecule has 0 saturated carbocycles. The van der Waals surface area contributed by atoms with Gasteiger partial charge in [-0.05, 0) is 40.5 Å². The van der Waals surface area contributed by atoms with Gasteiger partial charge in [-0.3, -0.25) is 0 Å². The fourth-order valence-corrected chi connectivity index (χ4v) is 2.48. The molecule has 0 fully saturated rings. The number of rotatable bonds is 4. The van der Waals surface area contributed by atoms with Gasteiger partial charge in [0.1, 0.15) is 0 Å². The average molecular weight is 252 g/mol. The van der Waals surface area contributed by atoms with Gasteiger partial charge >= 0.3 is 0 Å². The van der Waals surface area contributed by atoms with E-state index in [4.69, 9.17) is 0 Å². The van der Waals surface area contributed by atoms with Gasteiger partial charge in [0.15, 0.2) is 0 Å². The summed E-state index contributed by atoms with van der Waals surface area (Å²) in [5.74, 6) is 1.28. The first-order valence-electron chi connectivity index (χ1n) is 7.26. The third-order valence-electron chi connectivity index (χ3n) is 3.51. The Bertz CT molecular complexity index is 521. The maximum Gasteiger partial charge on any atom is -0.0152 e. The quantitative estimate of drug-likeness (QED) is 0.657. The lowest BCUT2D eigenvalue weighted by atomic mass is 9.90. The van der Waals surface area contributed by atoms with Crippen LogP contribution in [-0.2, 0) is 6.42 Å². The molecule has 0 atom stereocenters. The Morgan fingerprint density at radius 2 is 1.53 bits per heavy atom. The van der Waals surface area contributed by atoms with Crippen LogP contribution in [0.25, 0.3) is 11.1 Å². The Balaban J connectivity index is 2.48. The van der Waals surface area contributed by atoms with Gasteiger partial charge < -0.3 is 0 Å². The molecule has 0 aliphatic heterocycles. The monoisotopic (exact) mass is 252 g/mol. The smallest absolute Gasteiger partial charge is 0.0152 e. The Morgan fingerprint density at radius 1 is 0.842 bits per heavy atom. The summed E-state index contributed by atoms with van der Waals surface area (Å²) in [7, 11) is 0. The predicted octanol–water partition coefficient (Wildman–Crippen LogP) is 5.68. The van der Waals surface area contributed by atoms with Crippen molar-refractivity contribution >= 4 is 0 Å². The Morgan fingerprint density at radius 3 is 2.11 bits per heavy atom. The Labute approximate surface area is 117 Å². The van der Waals surface area contributed by atoms with E-state index in [2.05, 4.69) is 76.2 Å². The van der Waals surface area contributed by atoms with Crippen molar-refractivity contribution in [3.63, 3.8) is 0 Å². The molecule has 2 rings (SSSR count). The van der Waals surface area contributed by atoms with Gasteiger partial charge in [0.05, 0.1) is 0 Å². The molecule has 0 radical (unpaired) electrons. The van der Waals surface area contributed by atoms with Crippen LogP contribution in [0.5, 0.6) is 0 Å². The second-order valence-electron chi connectivity index (χ2n) is 6.04. The molecule has 0 nitrogen and oxygen atoms in total. The number of hydrogen-bond acceptors (Lipinski definition) is 0. The fraction of sp³-hybridized carbons (Fsp3) is 0.368. The van der Waals surface area contributed by atoms with Crippen molar-refractivity contribution in [1.82, 2.24) is 0 Å². The van der Waals surface area contributed by atoms with Crippen LogP contribution in [-0.4, -0.2) is 0 Å². The second kappa shape index (κ2) is 6.06. The van der Waals surface area contributed by atoms with Crippen molar-refractivity contribution in [1.29, 1.82) is 0 Å². The highest BCUT2D eigenvalue weighted by Crippen LogP contribution is 2.28. The van der Waals surface area contributed by atoms with Crippen LogP contribution in [0.3, 0.4) is 0 Å². The first-order valence-corrected chi connectivity index (χ1v) is 7.26. The first-order chi connectivity index (χ1) is 9.08. The fourth-order valence-electron chi connectivity index (χ4n) is 2.48. The summed E-state index contributed by atoms with van der Waals surface area (Å²) in [4.78, 5) is 0. The van der Waals surface area contributed by atoms with Crippen LogP contribution in [0.15, 0.2) is 48.5 Å². The Kier molecular flexibility index (Phi) is 4.42. The summed E-state index contributed by atoms with van der Waals surface area (Å²) in [6.07, 6.45) is 1.14. The van der Waals surface area contributed by atoms with Crippen LogP contribution in [0.1, 0.15) is 44.7 Å². The maximum atomic E-state index is 2.40. The van der Waals surface area contributed by atoms with E-state index >= 15 is 0 Å². The van der Waals surface area contributed by atoms with Crippen LogP contribution in [0, 0.1) is 5.92 Å². The van der Waals surface area contributed by atoms with E-state index in [-0.39, 0.29) is 0 Å². The highest BCUT2D eigenvalue weighted by atomic mass is 14.1. The van der Waals surface area contributed by atoms with E-state index < -0.39 is 0 Å². The van der Waals surface area contributed by atoms with E-state index in [9.17, 15) is 0 Å². The topological polar surface area (TPSA) is 0 Å². The van der Waals surface area contributed by atoms with Gasteiger partial charge in [0.25, 0.3) is 0 Å². The summed E-state index contributed by atoms with van der Waals surface area (Å²) < 4.78 is 0. The molecule has 0 aliphatic rings. The molecular formula is C19H24. The highest BCUT2D eigenvalue weighted by Gasteiger charge is 2.09. The van der Waals surface area contributed by atoms with E-state index in [1.165, 1.54) is 22.3 Å². The minimum Gasteiger partial charge on any atom is -0.0625 e. The summed E-state index contributed by atoms with van der Waals surface area (Å²) in [6, 6.07) is 17.7. The standard InChI is InChI=1S/C19H24/c1-14(2)12-18-13-17(15(3)4)10-11-19(18)16-8-6-5-7-9-16/h5-11,13-15H,12H2,1-4H3. The third kappa shape index (κ3) is 3.47. The van der Waals surface area contributed by atoms with Crippen molar-refractivity contribution in [3.8, 4) is 11.1 Å². The molecule has 0 unspecified atom stereocenters. The molecular weight excluding hydrogens is 228 g/mol. The molecule has 0 heteroatoms. The van der Waals surface area contributed by atoms with Crippen LogP contribution < -0.4 is 0 Å². The summed E-state index contributed by atoms with van der Waals surface area (Å²) in [5, 5.41) is 0. The van der Waals surface area contributed by atoms with Crippen LogP contribution in [0.4, 0.5) is 0 Å². The number of hydrogen-bond donors (Lipinski definition) is 0. The van der Waals surface area contributed by atoms with Crippen molar-refractivity contribution in [2.75, 3.05) is 0 Å². The molecule has 0 aromatic heterocycles. The van der Waals surface area contributed by atoms with E-state index in [1.807, 2.05) is 0 Å². The van der Waals surface area contributed by atoms with Gasteiger partial charge in [-0.1, -0.05) is 76.2 Å². The lowest BCUT2D eigenvalue weighted by molar-refractivity contribution is 0.647. The van der Waals surface area contributed by atoms with E-state index in [0.717, 1.165) is 6.42 Å². The highest BCUT2D eigenvalue weighted by molar-refractivity contribution is 5.68. The average Bonchev–Trinajstić information content (AvgIpc) is 2.39. The SMILES string of the molecule is CC(C)Cc1cc(C(C)C)ccc1-c1ccccc1. The number of benzene rings is 2. The van der Waals surface area contributed by atoms with E-state index in [0.29, 0.717) is 11.8 Å². The van der Waals surface area contributed by atoms with Gasteiger partial charge in [-0.15, -0.1) is 0 Å². The van der Waals surface area contributed by atoms with Crippen molar-refractivity contribution in [2.45, 2.75) is 40.0 Å². The molecule has 0 bridgehead atoms. The molecule has 100 valence electrons. The normalized spacial score (nSPS) is 11.3. The van der Waals surface area contributed by atoms with Crippen molar-refractivity contribution < 1.29 is 0 Å². The minimum absolute atomic E-state index is 0.593. The molecule has 0 aliphatic carbocycles. The van der Waals surface area contributed by atoms with Crippen LogP contribution in [0.2, 0.25) is 0 Å². The van der Waals surface area contributed by atoms with Gasteiger partial charge in [0, 0.05) is 0 Å². The third-order valence-corrected chi connectivity index (χ3v) is 3.51. The largest absolute Gasteiger partial charge is 0.0625 e. The second-order valence-corrected chi connectivity index (χ2v) is 6.04. The minimum atomic E-state index is 0.593. The summed E-state index contributed by atoms with van der Waals surface area (Å²) in [5.41, 5.74) is 5.63. The van der Waals surface area contributed by atoms with Crippen LogP contribution >= 0.6 is 0 Å². The molecule has 2 aromatic carbocycles. The summed E-state index contributed by atoms with van der Waals surface area (Å²) >= 11 is 0. The van der Waals surface area contributed by atoms with Gasteiger partial charge in [-0.2, -0.15) is 0 Å². The summed E-state index contributed by atoms with van der Waals surface area (Å²) in [6.45, 7) is 9.10. The lowest BCUT2D eigenvalue weighted by Crippen LogP contribution is -1.99.